The minimum absolute atomic E-state index is 0.621. The van der Waals surface area contributed by atoms with Crippen LogP contribution in [0.5, 0.6) is 0 Å². The van der Waals surface area contributed by atoms with Gasteiger partial charge in [-0.3, -0.25) is 9.09 Å². The lowest BCUT2D eigenvalue weighted by Crippen LogP contribution is -2.01. The maximum absolute atomic E-state index is 10.6. The third kappa shape index (κ3) is 8.35. The average Bonchev–Trinajstić information content (AvgIpc) is 1.79. The lowest BCUT2D eigenvalue weighted by Gasteiger charge is -2.11. The zero-order chi connectivity index (χ0) is 8.91. The summed E-state index contributed by atoms with van der Waals surface area (Å²) in [6.07, 6.45) is 2.54. The molecule has 68 valence electrons. The van der Waals surface area contributed by atoms with Crippen molar-refractivity contribution in [3.8, 4) is 0 Å². The normalized spacial score (nSPS) is 19.3. The quantitative estimate of drug-likeness (QED) is 0.548. The van der Waals surface area contributed by atoms with Gasteiger partial charge in [0.15, 0.2) is 0 Å². The minimum Gasteiger partial charge on any atom is -0.324 e. The molecule has 1 N–H and O–H groups in total. The van der Waals surface area contributed by atoms with Gasteiger partial charge in [-0.25, -0.2) is 0 Å². The second kappa shape index (κ2) is 5.15. The van der Waals surface area contributed by atoms with Crippen molar-refractivity contribution in [1.82, 2.24) is 0 Å². The first-order chi connectivity index (χ1) is 4.95. The molecule has 0 aromatic heterocycles. The Bertz CT molecular complexity index is 145. The Kier molecular flexibility index (Phi) is 5.36. The van der Waals surface area contributed by atoms with E-state index >= 15 is 0 Å². The molecule has 0 fully saturated rings. The molecule has 5 heteroatoms. The van der Waals surface area contributed by atoms with Crippen LogP contribution in [0, 0.1) is 0 Å². The zero-order valence-corrected chi connectivity index (χ0v) is 8.44. The van der Waals surface area contributed by atoms with Crippen molar-refractivity contribution in [2.75, 3.05) is 6.66 Å². The standard InChI is InChI=1S/C6H14ClO3P/c1-3-4-5-6(7)10-11(2,8)9/h6H,3-5H2,1-2H3,(H,8,9). The maximum Gasteiger partial charge on any atom is 0.326 e. The molecule has 0 aliphatic carbocycles. The highest BCUT2D eigenvalue weighted by molar-refractivity contribution is 7.52. The number of alkyl halides is 1. The molecule has 0 aliphatic heterocycles. The number of hydrogen-bond donors (Lipinski definition) is 1. The summed E-state index contributed by atoms with van der Waals surface area (Å²) >= 11 is 5.59. The topological polar surface area (TPSA) is 46.5 Å². The van der Waals surface area contributed by atoms with Gasteiger partial charge in [-0.1, -0.05) is 24.9 Å². The van der Waals surface area contributed by atoms with Crippen molar-refractivity contribution in [3.05, 3.63) is 0 Å². The van der Waals surface area contributed by atoms with Gasteiger partial charge < -0.3 is 4.89 Å². The summed E-state index contributed by atoms with van der Waals surface area (Å²) in [6, 6.07) is 0. The van der Waals surface area contributed by atoms with Crippen LogP contribution in [0.2, 0.25) is 0 Å². The fourth-order valence-electron chi connectivity index (χ4n) is 0.630. The predicted octanol–water partition coefficient (Wildman–Crippen LogP) is 2.57. The first-order valence-corrected chi connectivity index (χ1v) is 6.04. The summed E-state index contributed by atoms with van der Waals surface area (Å²) in [5, 5.41) is 0. The van der Waals surface area contributed by atoms with E-state index in [9.17, 15) is 4.57 Å². The van der Waals surface area contributed by atoms with Gasteiger partial charge in [-0.2, -0.15) is 0 Å². The first kappa shape index (κ1) is 11.4. The molecule has 0 amide bonds. The summed E-state index contributed by atoms with van der Waals surface area (Å²) in [4.78, 5) is 8.74. The summed E-state index contributed by atoms with van der Waals surface area (Å²) in [7, 11) is -3.39. The van der Waals surface area contributed by atoms with Gasteiger partial charge >= 0.3 is 7.60 Å². The zero-order valence-electron chi connectivity index (χ0n) is 6.79. The molecule has 0 rings (SSSR count). The van der Waals surface area contributed by atoms with Crippen LogP contribution >= 0.6 is 19.2 Å². The Morgan fingerprint density at radius 2 is 2.27 bits per heavy atom. The Labute approximate surface area is 72.2 Å². The second-order valence-electron chi connectivity index (χ2n) is 2.46. The van der Waals surface area contributed by atoms with Crippen molar-refractivity contribution >= 4 is 19.2 Å². The third-order valence-corrected chi connectivity index (χ3v) is 2.17. The number of halogens is 1. The Morgan fingerprint density at radius 3 is 2.64 bits per heavy atom. The largest absolute Gasteiger partial charge is 0.326 e. The van der Waals surface area contributed by atoms with Crippen molar-refractivity contribution in [2.24, 2.45) is 0 Å². The number of unbranched alkanes of at least 4 members (excludes halogenated alkanes) is 1. The van der Waals surface area contributed by atoms with Crippen LogP contribution in [0.3, 0.4) is 0 Å². The molecule has 0 saturated carbocycles. The maximum atomic E-state index is 10.6. The van der Waals surface area contributed by atoms with Crippen LogP contribution in [0.4, 0.5) is 0 Å². The van der Waals surface area contributed by atoms with Gasteiger partial charge in [0.1, 0.15) is 5.56 Å². The summed E-state index contributed by atoms with van der Waals surface area (Å²) < 4.78 is 15.3. The molecule has 0 spiro atoms. The molecule has 0 aliphatic rings. The lowest BCUT2D eigenvalue weighted by molar-refractivity contribution is 0.228. The molecule has 0 heterocycles. The fraction of sp³-hybridized carbons (Fsp3) is 1.00. The monoisotopic (exact) mass is 200 g/mol. The Balaban J connectivity index is 3.52. The summed E-state index contributed by atoms with van der Waals surface area (Å²) in [6.45, 7) is 3.16. The molecule has 2 atom stereocenters. The van der Waals surface area contributed by atoms with Crippen molar-refractivity contribution in [2.45, 2.75) is 31.7 Å². The van der Waals surface area contributed by atoms with Crippen molar-refractivity contribution in [3.63, 3.8) is 0 Å². The van der Waals surface area contributed by atoms with Gasteiger partial charge in [0, 0.05) is 6.66 Å². The predicted molar refractivity (Wildman–Crippen MR) is 46.0 cm³/mol. The Hall–Kier alpha value is 0.440. The molecule has 11 heavy (non-hydrogen) atoms. The highest BCUT2D eigenvalue weighted by Crippen LogP contribution is 2.40. The Morgan fingerprint density at radius 1 is 1.73 bits per heavy atom. The molecule has 2 unspecified atom stereocenters. The summed E-state index contributed by atoms with van der Waals surface area (Å²) in [5.41, 5.74) is -0.629. The second-order valence-corrected chi connectivity index (χ2v) is 4.76. The van der Waals surface area contributed by atoms with E-state index in [2.05, 4.69) is 4.52 Å². The summed E-state index contributed by atoms with van der Waals surface area (Å²) in [5.74, 6) is 0. The first-order valence-electron chi connectivity index (χ1n) is 3.58. The molecule has 0 saturated heterocycles. The molecule has 3 nitrogen and oxygen atoms in total. The van der Waals surface area contributed by atoms with E-state index in [1.807, 2.05) is 6.92 Å². The van der Waals surface area contributed by atoms with Crippen LogP contribution in [-0.2, 0) is 9.09 Å². The highest BCUT2D eigenvalue weighted by atomic mass is 35.5. The lowest BCUT2D eigenvalue weighted by atomic mass is 10.3. The van der Waals surface area contributed by atoms with E-state index in [1.54, 1.807) is 0 Å². The number of rotatable bonds is 5. The number of hydrogen-bond acceptors (Lipinski definition) is 2. The van der Waals surface area contributed by atoms with Crippen LogP contribution in [0.1, 0.15) is 26.2 Å². The van der Waals surface area contributed by atoms with E-state index in [1.165, 1.54) is 0 Å². The fourth-order valence-corrected chi connectivity index (χ4v) is 1.76. The van der Waals surface area contributed by atoms with Crippen LogP contribution in [-0.4, -0.2) is 17.1 Å². The van der Waals surface area contributed by atoms with E-state index in [-0.39, 0.29) is 0 Å². The van der Waals surface area contributed by atoms with E-state index in [0.29, 0.717) is 6.42 Å². The minimum atomic E-state index is -3.39. The third-order valence-electron chi connectivity index (χ3n) is 1.09. The molecule has 0 aromatic carbocycles. The van der Waals surface area contributed by atoms with Gasteiger partial charge in [0.05, 0.1) is 0 Å². The smallest absolute Gasteiger partial charge is 0.324 e. The van der Waals surface area contributed by atoms with E-state index in [0.717, 1.165) is 19.5 Å². The average molecular weight is 201 g/mol. The van der Waals surface area contributed by atoms with Crippen molar-refractivity contribution < 1.29 is 14.0 Å². The molecular weight excluding hydrogens is 186 g/mol. The van der Waals surface area contributed by atoms with E-state index < -0.39 is 13.2 Å². The molecule has 0 bridgehead atoms. The van der Waals surface area contributed by atoms with E-state index in [4.69, 9.17) is 16.5 Å². The van der Waals surface area contributed by atoms with Gasteiger partial charge in [0.25, 0.3) is 0 Å². The van der Waals surface area contributed by atoms with Crippen LogP contribution in [0.25, 0.3) is 0 Å². The van der Waals surface area contributed by atoms with Gasteiger partial charge in [-0.15, -0.1) is 0 Å². The van der Waals surface area contributed by atoms with Crippen molar-refractivity contribution in [1.29, 1.82) is 0 Å². The highest BCUT2D eigenvalue weighted by Gasteiger charge is 2.16. The molecule has 0 aromatic rings. The van der Waals surface area contributed by atoms with Gasteiger partial charge in [-0.05, 0) is 12.8 Å². The van der Waals surface area contributed by atoms with Crippen LogP contribution in [0.15, 0.2) is 0 Å². The molecular formula is C6H14ClO3P. The molecule has 0 radical (unpaired) electrons. The SMILES string of the molecule is CCCCC(Cl)OP(C)(=O)O. The van der Waals surface area contributed by atoms with Gasteiger partial charge in [0.2, 0.25) is 0 Å². The van der Waals surface area contributed by atoms with Crippen LogP contribution < -0.4 is 0 Å².